The number of nitrogens with one attached hydrogen (secondary N) is 2. The molecule has 0 aliphatic carbocycles. The molecule has 2 N–H and O–H groups in total. The van der Waals surface area contributed by atoms with Gasteiger partial charge in [0.25, 0.3) is 0 Å². The zero-order valence-corrected chi connectivity index (χ0v) is 16.2. The Labute approximate surface area is 146 Å². The minimum absolute atomic E-state index is 0.200. The fourth-order valence-corrected chi connectivity index (χ4v) is 1.99. The van der Waals surface area contributed by atoms with E-state index in [0.29, 0.717) is 13.1 Å². The van der Waals surface area contributed by atoms with Crippen LogP contribution in [0.3, 0.4) is 0 Å². The summed E-state index contributed by atoms with van der Waals surface area (Å²) in [4.78, 5) is 4.26. The molecule has 0 bridgehead atoms. The van der Waals surface area contributed by atoms with Gasteiger partial charge in [0.2, 0.25) is 0 Å². The highest BCUT2D eigenvalue weighted by Gasteiger charge is 2.16. The fraction of sp³-hybridized carbons (Fsp3) is 0.632. The molecule has 1 atom stereocenters. The van der Waals surface area contributed by atoms with Gasteiger partial charge in [0.1, 0.15) is 5.75 Å². The number of nitrogens with zero attached hydrogens (tertiary/aromatic N) is 1. The largest absolute Gasteiger partial charge is 0.490 e. The second-order valence-electron chi connectivity index (χ2n) is 6.69. The topological polar surface area (TPSA) is 54.9 Å². The number of methoxy groups -OCH3 is 1. The average molecular weight is 335 g/mol. The van der Waals surface area contributed by atoms with Crippen molar-refractivity contribution in [3.63, 3.8) is 0 Å². The third-order valence-electron chi connectivity index (χ3n) is 4.03. The molecule has 1 aromatic carbocycles. The third-order valence-corrected chi connectivity index (χ3v) is 4.03. The Morgan fingerprint density at radius 3 is 2.58 bits per heavy atom. The smallest absolute Gasteiger partial charge is 0.191 e. The van der Waals surface area contributed by atoms with Gasteiger partial charge >= 0.3 is 0 Å². The van der Waals surface area contributed by atoms with Crippen LogP contribution in [0.1, 0.15) is 45.2 Å². The zero-order chi connectivity index (χ0) is 18.2. The van der Waals surface area contributed by atoms with E-state index in [1.165, 1.54) is 5.56 Å². The Hall–Kier alpha value is -1.75. The Kier molecular flexibility index (Phi) is 8.05. The molecule has 5 heteroatoms. The molecule has 5 nitrogen and oxygen atoms in total. The molecule has 24 heavy (non-hydrogen) atoms. The van der Waals surface area contributed by atoms with Crippen molar-refractivity contribution < 1.29 is 9.47 Å². The second kappa shape index (κ2) is 9.52. The number of hydrogen-bond acceptors (Lipinski definition) is 3. The van der Waals surface area contributed by atoms with Crippen molar-refractivity contribution in [2.45, 2.75) is 59.3 Å². The molecule has 0 aliphatic heterocycles. The number of guanidine groups is 1. The lowest BCUT2D eigenvalue weighted by Crippen LogP contribution is -2.45. The molecule has 136 valence electrons. The average Bonchev–Trinajstić information content (AvgIpc) is 2.56. The van der Waals surface area contributed by atoms with Gasteiger partial charge in [-0.05, 0) is 45.7 Å². The summed E-state index contributed by atoms with van der Waals surface area (Å²) in [5.41, 5.74) is 2.07. The second-order valence-corrected chi connectivity index (χ2v) is 6.69. The van der Waals surface area contributed by atoms with Crippen molar-refractivity contribution in [3.8, 4) is 5.75 Å². The maximum Gasteiger partial charge on any atom is 0.191 e. The van der Waals surface area contributed by atoms with Crippen LogP contribution in [0.5, 0.6) is 5.75 Å². The minimum atomic E-state index is -0.244. The first-order valence-corrected chi connectivity index (χ1v) is 8.57. The molecule has 0 radical (unpaired) electrons. The first-order chi connectivity index (χ1) is 11.3. The summed E-state index contributed by atoms with van der Waals surface area (Å²) in [6.45, 7) is 11.7. The van der Waals surface area contributed by atoms with Crippen LogP contribution in [-0.4, -0.2) is 38.4 Å². The van der Waals surface area contributed by atoms with E-state index in [1.54, 1.807) is 14.2 Å². The van der Waals surface area contributed by atoms with Gasteiger partial charge in [-0.1, -0.05) is 19.1 Å². The Morgan fingerprint density at radius 2 is 2.00 bits per heavy atom. The normalized spacial score (nSPS) is 13.5. The van der Waals surface area contributed by atoms with Crippen molar-refractivity contribution in [1.29, 1.82) is 0 Å². The van der Waals surface area contributed by atoms with Crippen LogP contribution in [0.2, 0.25) is 0 Å². The van der Waals surface area contributed by atoms with E-state index in [-0.39, 0.29) is 11.7 Å². The fourth-order valence-electron chi connectivity index (χ4n) is 1.99. The van der Waals surface area contributed by atoms with Crippen LogP contribution in [0.25, 0.3) is 0 Å². The van der Waals surface area contributed by atoms with Crippen molar-refractivity contribution in [1.82, 2.24) is 10.6 Å². The zero-order valence-electron chi connectivity index (χ0n) is 16.2. The van der Waals surface area contributed by atoms with Gasteiger partial charge in [-0.3, -0.25) is 4.99 Å². The highest BCUT2D eigenvalue weighted by atomic mass is 16.5. The molecule has 0 saturated carbocycles. The van der Waals surface area contributed by atoms with E-state index in [2.05, 4.69) is 54.6 Å². The summed E-state index contributed by atoms with van der Waals surface area (Å²) in [6, 6.07) is 6.30. The van der Waals surface area contributed by atoms with E-state index in [1.807, 2.05) is 13.8 Å². The summed E-state index contributed by atoms with van der Waals surface area (Å²) >= 11 is 0. The van der Waals surface area contributed by atoms with Gasteiger partial charge in [-0.25, -0.2) is 0 Å². The van der Waals surface area contributed by atoms with Crippen LogP contribution < -0.4 is 15.4 Å². The summed E-state index contributed by atoms with van der Waals surface area (Å²) in [7, 11) is 3.48. The van der Waals surface area contributed by atoms with Gasteiger partial charge < -0.3 is 20.1 Å². The van der Waals surface area contributed by atoms with Gasteiger partial charge in [0.15, 0.2) is 5.96 Å². The molecule has 0 amide bonds. The predicted octanol–water partition coefficient (Wildman–Crippen LogP) is 3.26. The maximum absolute atomic E-state index is 6.05. The summed E-state index contributed by atoms with van der Waals surface area (Å²) < 4.78 is 11.5. The maximum atomic E-state index is 6.05. The van der Waals surface area contributed by atoms with Crippen molar-refractivity contribution in [2.75, 3.05) is 20.7 Å². The standard InChI is InChI=1S/C19H33N3O2/c1-8-15(3)24-17-11-14(2)9-10-16(17)12-21-18(20-6)22-13-19(4,5)23-7/h9-11,15H,8,12-13H2,1-7H3,(H2,20,21,22). The number of benzene rings is 1. The Morgan fingerprint density at radius 1 is 1.29 bits per heavy atom. The van der Waals surface area contributed by atoms with Crippen LogP contribution in [0.4, 0.5) is 0 Å². The monoisotopic (exact) mass is 335 g/mol. The van der Waals surface area contributed by atoms with Crippen molar-refractivity contribution >= 4 is 5.96 Å². The number of hydrogen-bond donors (Lipinski definition) is 2. The van der Waals surface area contributed by atoms with Gasteiger partial charge in [-0.2, -0.15) is 0 Å². The molecule has 0 aliphatic rings. The highest BCUT2D eigenvalue weighted by molar-refractivity contribution is 5.79. The predicted molar refractivity (Wildman–Crippen MR) is 101 cm³/mol. The number of aryl methyl sites for hydroxylation is 1. The van der Waals surface area contributed by atoms with Gasteiger partial charge in [0, 0.05) is 32.8 Å². The van der Waals surface area contributed by atoms with E-state index < -0.39 is 0 Å². The first-order valence-electron chi connectivity index (χ1n) is 8.57. The highest BCUT2D eigenvalue weighted by Crippen LogP contribution is 2.22. The van der Waals surface area contributed by atoms with Crippen LogP contribution in [-0.2, 0) is 11.3 Å². The SMILES string of the molecule is CCC(C)Oc1cc(C)ccc1CNC(=NC)NCC(C)(C)OC. The van der Waals surface area contributed by atoms with Crippen LogP contribution in [0.15, 0.2) is 23.2 Å². The molecule has 0 heterocycles. The lowest BCUT2D eigenvalue weighted by Gasteiger charge is -2.24. The third kappa shape index (κ3) is 6.79. The summed E-state index contributed by atoms with van der Waals surface area (Å²) in [6.07, 6.45) is 1.18. The quantitative estimate of drug-likeness (QED) is 0.565. The molecule has 0 aromatic heterocycles. The molecule has 1 unspecified atom stereocenters. The molecule has 1 rings (SSSR count). The molecular formula is C19H33N3O2. The first kappa shape index (κ1) is 20.3. The van der Waals surface area contributed by atoms with Gasteiger partial charge in [0.05, 0.1) is 11.7 Å². The minimum Gasteiger partial charge on any atom is -0.490 e. The van der Waals surface area contributed by atoms with Crippen molar-refractivity contribution in [2.24, 2.45) is 4.99 Å². The molecule has 0 spiro atoms. The van der Waals surface area contributed by atoms with E-state index in [4.69, 9.17) is 9.47 Å². The summed E-state index contributed by atoms with van der Waals surface area (Å²) in [5.74, 6) is 1.68. The van der Waals surface area contributed by atoms with E-state index in [0.717, 1.165) is 23.7 Å². The van der Waals surface area contributed by atoms with Crippen molar-refractivity contribution in [3.05, 3.63) is 29.3 Å². The Bertz CT molecular complexity index is 541. The number of rotatable bonds is 8. The summed E-state index contributed by atoms with van der Waals surface area (Å²) in [5, 5.41) is 6.62. The lowest BCUT2D eigenvalue weighted by atomic mass is 10.1. The number of ether oxygens (including phenoxy) is 2. The molecule has 0 saturated heterocycles. The van der Waals surface area contributed by atoms with E-state index >= 15 is 0 Å². The van der Waals surface area contributed by atoms with Crippen LogP contribution in [0, 0.1) is 6.92 Å². The molecular weight excluding hydrogens is 302 g/mol. The molecule has 1 aromatic rings. The molecule has 0 fully saturated rings. The van der Waals surface area contributed by atoms with Crippen LogP contribution >= 0.6 is 0 Å². The number of aliphatic imine (C=N–C) groups is 1. The van der Waals surface area contributed by atoms with E-state index in [9.17, 15) is 0 Å². The van der Waals surface area contributed by atoms with Gasteiger partial charge in [-0.15, -0.1) is 0 Å². The lowest BCUT2D eigenvalue weighted by molar-refractivity contribution is 0.0268. The Balaban J connectivity index is 2.71.